The highest BCUT2D eigenvalue weighted by Crippen LogP contribution is 2.18. The minimum atomic E-state index is -1.16. The van der Waals surface area contributed by atoms with Crippen molar-refractivity contribution in [2.45, 2.75) is 17.2 Å². The van der Waals surface area contributed by atoms with Crippen LogP contribution in [0.15, 0.2) is 71.9 Å². The SMILES string of the molecule is COc1cccc([S@@](=O)Cc2nccn2Cc2ccccc2)c1. The molecule has 0 saturated carbocycles. The number of methoxy groups -OCH3 is 1. The van der Waals surface area contributed by atoms with Crippen molar-refractivity contribution in [1.29, 1.82) is 0 Å². The van der Waals surface area contributed by atoms with E-state index in [4.69, 9.17) is 4.74 Å². The lowest BCUT2D eigenvalue weighted by Gasteiger charge is -2.09. The molecule has 118 valence electrons. The number of imidazole rings is 1. The summed E-state index contributed by atoms with van der Waals surface area (Å²) in [5.41, 5.74) is 1.19. The number of rotatable bonds is 6. The van der Waals surface area contributed by atoms with Crippen molar-refractivity contribution in [3.05, 3.63) is 78.4 Å². The van der Waals surface area contributed by atoms with Crippen LogP contribution in [0.4, 0.5) is 0 Å². The average molecular weight is 326 g/mol. The summed E-state index contributed by atoms with van der Waals surface area (Å²) in [6, 6.07) is 17.5. The first-order valence-electron chi connectivity index (χ1n) is 7.32. The Bertz CT molecular complexity index is 800. The smallest absolute Gasteiger partial charge is 0.121 e. The summed E-state index contributed by atoms with van der Waals surface area (Å²) in [6.07, 6.45) is 3.67. The van der Waals surface area contributed by atoms with Gasteiger partial charge in [-0.2, -0.15) is 0 Å². The lowest BCUT2D eigenvalue weighted by Crippen LogP contribution is -2.07. The molecule has 0 saturated heterocycles. The van der Waals surface area contributed by atoms with Gasteiger partial charge in [-0.1, -0.05) is 36.4 Å². The summed E-state index contributed by atoms with van der Waals surface area (Å²) in [6.45, 7) is 0.728. The van der Waals surface area contributed by atoms with Gasteiger partial charge in [0.25, 0.3) is 0 Å². The fraction of sp³-hybridized carbons (Fsp3) is 0.167. The van der Waals surface area contributed by atoms with Crippen molar-refractivity contribution in [1.82, 2.24) is 9.55 Å². The quantitative estimate of drug-likeness (QED) is 0.698. The maximum Gasteiger partial charge on any atom is 0.121 e. The summed E-state index contributed by atoms with van der Waals surface area (Å²) in [5, 5.41) is 0. The summed E-state index contributed by atoms with van der Waals surface area (Å²) < 4.78 is 19.8. The van der Waals surface area contributed by atoms with Gasteiger partial charge in [-0.05, 0) is 23.8 Å². The summed E-state index contributed by atoms with van der Waals surface area (Å²) in [5.74, 6) is 1.91. The zero-order valence-corrected chi connectivity index (χ0v) is 13.7. The molecule has 0 aliphatic carbocycles. The van der Waals surface area contributed by atoms with Crippen molar-refractivity contribution < 1.29 is 8.95 Å². The molecule has 1 atom stereocenters. The normalized spacial score (nSPS) is 12.0. The molecule has 0 amide bonds. The highest BCUT2D eigenvalue weighted by Gasteiger charge is 2.11. The zero-order chi connectivity index (χ0) is 16.1. The molecule has 0 aliphatic heterocycles. The maximum absolute atomic E-state index is 12.6. The molecule has 3 aromatic rings. The van der Waals surface area contributed by atoms with E-state index in [1.54, 1.807) is 19.4 Å². The Morgan fingerprint density at radius 3 is 2.74 bits per heavy atom. The van der Waals surface area contributed by atoms with Gasteiger partial charge >= 0.3 is 0 Å². The van der Waals surface area contributed by atoms with Crippen molar-refractivity contribution in [2.24, 2.45) is 0 Å². The molecule has 3 rings (SSSR count). The molecule has 0 aliphatic rings. The first kappa shape index (κ1) is 15.5. The van der Waals surface area contributed by atoms with Crippen molar-refractivity contribution in [3.8, 4) is 5.75 Å². The minimum Gasteiger partial charge on any atom is -0.497 e. The standard InChI is InChI=1S/C18H18N2O2S/c1-22-16-8-5-9-17(12-16)23(21)14-18-19-10-11-20(18)13-15-6-3-2-4-7-15/h2-12H,13-14H2,1H3/t23-/m0/s1. The number of hydrogen-bond acceptors (Lipinski definition) is 3. The summed E-state index contributed by atoms with van der Waals surface area (Å²) in [4.78, 5) is 5.11. The molecule has 23 heavy (non-hydrogen) atoms. The van der Waals surface area contributed by atoms with Crippen LogP contribution in [0.1, 0.15) is 11.4 Å². The van der Waals surface area contributed by atoms with Crippen LogP contribution in [0.5, 0.6) is 5.75 Å². The third-order valence-corrected chi connectivity index (χ3v) is 4.86. The van der Waals surface area contributed by atoms with Crippen LogP contribution in [0.25, 0.3) is 0 Å². The largest absolute Gasteiger partial charge is 0.497 e. The summed E-state index contributed by atoms with van der Waals surface area (Å²) in [7, 11) is 0.449. The third-order valence-electron chi connectivity index (χ3n) is 3.56. The van der Waals surface area contributed by atoms with Crippen LogP contribution >= 0.6 is 0 Å². The van der Waals surface area contributed by atoms with Gasteiger partial charge in [-0.25, -0.2) is 4.98 Å². The van der Waals surface area contributed by atoms with E-state index in [0.29, 0.717) is 11.5 Å². The molecular weight excluding hydrogens is 308 g/mol. The molecule has 1 aromatic heterocycles. The van der Waals surface area contributed by atoms with E-state index in [-0.39, 0.29) is 0 Å². The van der Waals surface area contributed by atoms with Crippen LogP contribution in [-0.4, -0.2) is 20.9 Å². The average Bonchev–Trinajstić information content (AvgIpc) is 3.02. The van der Waals surface area contributed by atoms with E-state index < -0.39 is 10.8 Å². The Kier molecular flexibility index (Phi) is 4.88. The predicted molar refractivity (Wildman–Crippen MR) is 90.9 cm³/mol. The van der Waals surface area contributed by atoms with Gasteiger partial charge in [-0.15, -0.1) is 0 Å². The first-order valence-corrected chi connectivity index (χ1v) is 8.64. The number of nitrogens with zero attached hydrogens (tertiary/aromatic N) is 2. The van der Waals surface area contributed by atoms with Crippen molar-refractivity contribution in [2.75, 3.05) is 7.11 Å². The second-order valence-corrected chi connectivity index (χ2v) is 6.58. The molecule has 0 radical (unpaired) electrons. The highest BCUT2D eigenvalue weighted by molar-refractivity contribution is 7.84. The molecule has 4 nitrogen and oxygen atoms in total. The maximum atomic E-state index is 12.6. The number of ether oxygens (including phenoxy) is 1. The molecule has 0 N–H and O–H groups in total. The fourth-order valence-corrected chi connectivity index (χ4v) is 3.47. The Labute approximate surface area is 138 Å². The monoisotopic (exact) mass is 326 g/mol. The number of aromatic nitrogens is 2. The topological polar surface area (TPSA) is 44.1 Å². The van der Waals surface area contributed by atoms with Crippen LogP contribution in [0.3, 0.4) is 0 Å². The zero-order valence-electron chi connectivity index (χ0n) is 12.9. The van der Waals surface area contributed by atoms with Gasteiger partial charge < -0.3 is 9.30 Å². The fourth-order valence-electron chi connectivity index (χ4n) is 2.35. The van der Waals surface area contributed by atoms with Crippen LogP contribution in [0.2, 0.25) is 0 Å². The Balaban J connectivity index is 1.75. The molecule has 0 bridgehead atoms. The molecule has 5 heteroatoms. The van der Waals surface area contributed by atoms with Crippen molar-refractivity contribution in [3.63, 3.8) is 0 Å². The molecular formula is C18H18N2O2S. The molecule has 2 aromatic carbocycles. The third kappa shape index (κ3) is 3.87. The van der Waals surface area contributed by atoms with Gasteiger partial charge in [0, 0.05) is 23.8 Å². The van der Waals surface area contributed by atoms with Gasteiger partial charge in [0.2, 0.25) is 0 Å². The van der Waals surface area contributed by atoms with Gasteiger partial charge in [-0.3, -0.25) is 4.21 Å². The lowest BCUT2D eigenvalue weighted by molar-refractivity contribution is 0.413. The predicted octanol–water partition coefficient (Wildman–Crippen LogP) is 3.25. The van der Waals surface area contributed by atoms with E-state index in [0.717, 1.165) is 17.3 Å². The van der Waals surface area contributed by atoms with E-state index in [1.807, 2.05) is 47.2 Å². The minimum absolute atomic E-state index is 0.382. The Morgan fingerprint density at radius 1 is 1.13 bits per heavy atom. The second-order valence-electron chi connectivity index (χ2n) is 5.13. The Hall–Kier alpha value is -2.40. The van der Waals surface area contributed by atoms with Gasteiger partial charge in [0.05, 0.1) is 23.7 Å². The van der Waals surface area contributed by atoms with Crippen LogP contribution < -0.4 is 4.74 Å². The van der Waals surface area contributed by atoms with E-state index in [1.165, 1.54) is 5.56 Å². The van der Waals surface area contributed by atoms with Gasteiger partial charge in [0.15, 0.2) is 0 Å². The van der Waals surface area contributed by atoms with E-state index in [9.17, 15) is 4.21 Å². The molecule has 1 heterocycles. The summed E-state index contributed by atoms with van der Waals surface area (Å²) >= 11 is 0. The Morgan fingerprint density at radius 2 is 1.96 bits per heavy atom. The highest BCUT2D eigenvalue weighted by atomic mass is 32.2. The molecule has 0 fully saturated rings. The lowest BCUT2D eigenvalue weighted by atomic mass is 10.2. The van der Waals surface area contributed by atoms with E-state index in [2.05, 4.69) is 17.1 Å². The second kappa shape index (κ2) is 7.24. The number of benzene rings is 2. The first-order chi connectivity index (χ1) is 11.3. The molecule has 0 unspecified atom stereocenters. The van der Waals surface area contributed by atoms with Gasteiger partial charge in [0.1, 0.15) is 11.6 Å². The molecule has 0 spiro atoms. The van der Waals surface area contributed by atoms with Crippen molar-refractivity contribution >= 4 is 10.8 Å². The van der Waals surface area contributed by atoms with Crippen LogP contribution in [0, 0.1) is 0 Å². The number of hydrogen-bond donors (Lipinski definition) is 0. The van der Waals surface area contributed by atoms with E-state index >= 15 is 0 Å². The van der Waals surface area contributed by atoms with Crippen LogP contribution in [-0.2, 0) is 23.1 Å².